The number of hydrogen-bond donors (Lipinski definition) is 1. The molecule has 3 nitrogen and oxygen atoms in total. The van der Waals surface area contributed by atoms with Gasteiger partial charge in [0.25, 0.3) is 5.91 Å². The lowest BCUT2D eigenvalue weighted by molar-refractivity contribution is 0.0699. The molecule has 2 aliphatic rings. The molecular weight excluding hydrogens is 260 g/mol. The quantitative estimate of drug-likeness (QED) is 0.857. The number of nitrogen functional groups attached to an aromatic ring is 1. The Morgan fingerprint density at radius 2 is 1.90 bits per heavy atom. The lowest BCUT2D eigenvalue weighted by atomic mass is 9.88. The van der Waals surface area contributed by atoms with E-state index in [2.05, 4.69) is 4.90 Å². The minimum atomic E-state index is 0.200. The van der Waals surface area contributed by atoms with Crippen molar-refractivity contribution in [3.8, 4) is 0 Å². The predicted molar refractivity (Wildman–Crippen MR) is 86.2 cm³/mol. The van der Waals surface area contributed by atoms with Crippen LogP contribution in [0.2, 0.25) is 0 Å². The fraction of sp³-hybridized carbons (Fsp3) is 0.611. The fourth-order valence-electron chi connectivity index (χ4n) is 3.41. The van der Waals surface area contributed by atoms with Crippen LogP contribution in [0.25, 0.3) is 0 Å². The zero-order valence-corrected chi connectivity index (χ0v) is 13.0. The van der Waals surface area contributed by atoms with Crippen LogP contribution in [0.4, 0.5) is 5.69 Å². The van der Waals surface area contributed by atoms with E-state index < -0.39 is 0 Å². The number of nitrogens with two attached hydrogens (primary N) is 1. The molecule has 0 aromatic heterocycles. The van der Waals surface area contributed by atoms with Crippen molar-refractivity contribution in [2.24, 2.45) is 5.92 Å². The molecule has 0 bridgehead atoms. The van der Waals surface area contributed by atoms with E-state index in [0.29, 0.717) is 12.0 Å². The van der Waals surface area contributed by atoms with Crippen molar-refractivity contribution in [2.45, 2.75) is 57.9 Å². The Hall–Kier alpha value is -1.51. The van der Waals surface area contributed by atoms with Crippen LogP contribution in [0.3, 0.4) is 0 Å². The van der Waals surface area contributed by atoms with Crippen molar-refractivity contribution in [3.05, 3.63) is 29.3 Å². The second-order valence-corrected chi connectivity index (χ2v) is 6.76. The number of amides is 1. The van der Waals surface area contributed by atoms with E-state index in [1.54, 1.807) is 0 Å². The molecule has 3 rings (SSSR count). The number of carbonyl (C=O) groups excluding carboxylic acids is 1. The second-order valence-electron chi connectivity index (χ2n) is 6.76. The molecule has 1 aromatic carbocycles. The molecular formula is C18H26N2O. The van der Waals surface area contributed by atoms with Crippen molar-refractivity contribution < 1.29 is 4.79 Å². The third-order valence-electron chi connectivity index (χ3n) is 4.94. The third-order valence-corrected chi connectivity index (χ3v) is 4.94. The highest BCUT2D eigenvalue weighted by Gasteiger charge is 2.34. The summed E-state index contributed by atoms with van der Waals surface area (Å²) in [7, 11) is 0. The van der Waals surface area contributed by atoms with Crippen molar-refractivity contribution >= 4 is 11.6 Å². The molecule has 0 atom stereocenters. The Bertz CT molecular complexity index is 516. The molecule has 0 saturated heterocycles. The number of nitrogens with zero attached hydrogens (tertiary/aromatic N) is 1. The number of hydrogen-bond acceptors (Lipinski definition) is 2. The Morgan fingerprint density at radius 1 is 1.19 bits per heavy atom. The molecule has 3 heteroatoms. The molecule has 0 radical (unpaired) electrons. The first-order valence-electron chi connectivity index (χ1n) is 8.32. The van der Waals surface area contributed by atoms with Gasteiger partial charge in [-0.05, 0) is 62.3 Å². The maximum absolute atomic E-state index is 12.8. The van der Waals surface area contributed by atoms with Crippen molar-refractivity contribution in [2.75, 3.05) is 12.3 Å². The van der Waals surface area contributed by atoms with Crippen LogP contribution in [0.5, 0.6) is 0 Å². The monoisotopic (exact) mass is 286 g/mol. The summed E-state index contributed by atoms with van der Waals surface area (Å²) in [6.45, 7) is 2.92. The van der Waals surface area contributed by atoms with Crippen molar-refractivity contribution in [1.82, 2.24) is 4.90 Å². The molecule has 114 valence electrons. The normalized spacial score (nSPS) is 19.5. The van der Waals surface area contributed by atoms with E-state index in [4.69, 9.17) is 5.73 Å². The van der Waals surface area contributed by atoms with Crippen LogP contribution in [-0.4, -0.2) is 23.4 Å². The summed E-state index contributed by atoms with van der Waals surface area (Å²) in [4.78, 5) is 15.0. The highest BCUT2D eigenvalue weighted by atomic mass is 16.2. The van der Waals surface area contributed by atoms with Gasteiger partial charge in [-0.3, -0.25) is 4.79 Å². The van der Waals surface area contributed by atoms with E-state index in [1.165, 1.54) is 44.9 Å². The van der Waals surface area contributed by atoms with E-state index in [0.717, 1.165) is 23.4 Å². The van der Waals surface area contributed by atoms with Gasteiger partial charge in [0.2, 0.25) is 0 Å². The molecule has 1 aromatic rings. The summed E-state index contributed by atoms with van der Waals surface area (Å²) < 4.78 is 0. The van der Waals surface area contributed by atoms with Crippen molar-refractivity contribution in [3.63, 3.8) is 0 Å². The molecule has 0 aliphatic heterocycles. The van der Waals surface area contributed by atoms with Crippen LogP contribution in [0.1, 0.15) is 60.9 Å². The molecule has 2 aliphatic carbocycles. The molecule has 0 unspecified atom stereocenters. The van der Waals surface area contributed by atoms with Crippen LogP contribution < -0.4 is 5.73 Å². The van der Waals surface area contributed by atoms with Gasteiger partial charge in [0.15, 0.2) is 0 Å². The number of carbonyl (C=O) groups is 1. The smallest absolute Gasteiger partial charge is 0.254 e. The first kappa shape index (κ1) is 14.4. The third kappa shape index (κ3) is 3.39. The molecule has 2 N–H and O–H groups in total. The zero-order chi connectivity index (χ0) is 14.8. The van der Waals surface area contributed by atoms with Gasteiger partial charge < -0.3 is 10.6 Å². The first-order valence-corrected chi connectivity index (χ1v) is 8.32. The summed E-state index contributed by atoms with van der Waals surface area (Å²) >= 11 is 0. The number of benzene rings is 1. The summed E-state index contributed by atoms with van der Waals surface area (Å²) in [5.41, 5.74) is 8.41. The number of rotatable bonds is 4. The lowest BCUT2D eigenvalue weighted by Gasteiger charge is -2.30. The van der Waals surface area contributed by atoms with Gasteiger partial charge >= 0.3 is 0 Å². The lowest BCUT2D eigenvalue weighted by Crippen LogP contribution is -2.37. The molecule has 0 spiro atoms. The highest BCUT2D eigenvalue weighted by molar-refractivity contribution is 5.95. The summed E-state index contributed by atoms with van der Waals surface area (Å²) in [6.07, 6.45) is 8.95. The molecule has 0 heterocycles. The van der Waals surface area contributed by atoms with Gasteiger partial charge in [0, 0.05) is 23.8 Å². The Labute approximate surface area is 127 Å². The van der Waals surface area contributed by atoms with Gasteiger partial charge in [-0.2, -0.15) is 0 Å². The predicted octanol–water partition coefficient (Wildman–Crippen LogP) is 3.76. The molecule has 1 amide bonds. The highest BCUT2D eigenvalue weighted by Crippen LogP contribution is 2.32. The zero-order valence-electron chi connectivity index (χ0n) is 13.0. The van der Waals surface area contributed by atoms with Gasteiger partial charge in [-0.1, -0.05) is 19.3 Å². The van der Waals surface area contributed by atoms with Crippen LogP contribution >= 0.6 is 0 Å². The minimum Gasteiger partial charge on any atom is -0.399 e. The van der Waals surface area contributed by atoms with Crippen LogP contribution in [0, 0.1) is 12.8 Å². The van der Waals surface area contributed by atoms with E-state index in [-0.39, 0.29) is 5.91 Å². The largest absolute Gasteiger partial charge is 0.399 e. The van der Waals surface area contributed by atoms with Gasteiger partial charge in [-0.25, -0.2) is 0 Å². The fourth-order valence-corrected chi connectivity index (χ4v) is 3.41. The maximum Gasteiger partial charge on any atom is 0.254 e. The SMILES string of the molecule is Cc1cc(C(=O)N(CC2CCCCC2)C2CC2)ccc1N. The average molecular weight is 286 g/mol. The molecule has 2 fully saturated rings. The maximum atomic E-state index is 12.8. The average Bonchev–Trinajstić information content (AvgIpc) is 3.33. The summed E-state index contributed by atoms with van der Waals surface area (Å²) in [5.74, 6) is 0.907. The second kappa shape index (κ2) is 6.08. The van der Waals surface area contributed by atoms with Gasteiger partial charge in [0.05, 0.1) is 0 Å². The minimum absolute atomic E-state index is 0.200. The Morgan fingerprint density at radius 3 is 2.52 bits per heavy atom. The van der Waals surface area contributed by atoms with E-state index in [1.807, 2.05) is 25.1 Å². The topological polar surface area (TPSA) is 46.3 Å². The van der Waals surface area contributed by atoms with E-state index >= 15 is 0 Å². The standard InChI is InChI=1S/C18H26N2O/c1-13-11-15(7-10-17(13)19)18(21)20(16-8-9-16)12-14-5-3-2-4-6-14/h7,10-11,14,16H,2-6,8-9,12,19H2,1H3. The van der Waals surface area contributed by atoms with Crippen molar-refractivity contribution in [1.29, 1.82) is 0 Å². The summed E-state index contributed by atoms with van der Waals surface area (Å²) in [5, 5.41) is 0. The van der Waals surface area contributed by atoms with Crippen LogP contribution in [-0.2, 0) is 0 Å². The molecule has 21 heavy (non-hydrogen) atoms. The summed E-state index contributed by atoms with van der Waals surface area (Å²) in [6, 6.07) is 6.15. The van der Waals surface area contributed by atoms with Gasteiger partial charge in [-0.15, -0.1) is 0 Å². The first-order chi connectivity index (χ1) is 10.1. The van der Waals surface area contributed by atoms with E-state index in [9.17, 15) is 4.79 Å². The number of aryl methyl sites for hydroxylation is 1. The molecule has 2 saturated carbocycles. The van der Waals surface area contributed by atoms with Gasteiger partial charge in [0.1, 0.15) is 0 Å². The number of anilines is 1. The Kier molecular flexibility index (Phi) is 4.18. The van der Waals surface area contributed by atoms with Crippen LogP contribution in [0.15, 0.2) is 18.2 Å². The Balaban J connectivity index is 1.73.